The van der Waals surface area contributed by atoms with Gasteiger partial charge in [-0.2, -0.15) is 0 Å². The molecule has 0 bridgehead atoms. The molecular weight excluding hydrogens is 200 g/mol. The van der Waals surface area contributed by atoms with Crippen LogP contribution in [-0.2, 0) is 9.59 Å². The quantitative estimate of drug-likeness (QED) is 0.463. The molecule has 0 fully saturated rings. The zero-order valence-corrected chi connectivity index (χ0v) is 9.74. The maximum absolute atomic E-state index is 11.4. The van der Waals surface area contributed by atoms with Gasteiger partial charge in [-0.25, -0.2) is 0 Å². The average Bonchev–Trinajstić information content (AvgIpc) is 2.23. The van der Waals surface area contributed by atoms with Gasteiger partial charge in [-0.1, -0.05) is 37.5 Å². The van der Waals surface area contributed by atoms with Gasteiger partial charge in [0.25, 0.3) is 0 Å². The van der Waals surface area contributed by atoms with Crippen molar-refractivity contribution in [3.05, 3.63) is 49.1 Å². The van der Waals surface area contributed by atoms with E-state index in [-0.39, 0.29) is 11.6 Å². The molecule has 0 radical (unpaired) electrons. The normalized spacial score (nSPS) is 11.4. The predicted octanol–water partition coefficient (Wildman–Crippen LogP) is 3.17. The monoisotopic (exact) mass is 218 g/mol. The summed E-state index contributed by atoms with van der Waals surface area (Å²) in [6.45, 7) is 8.71. The minimum atomic E-state index is 0.0260. The Hall–Kier alpha value is -1.70. The fourth-order valence-corrected chi connectivity index (χ4v) is 1.11. The van der Waals surface area contributed by atoms with Crippen LogP contribution < -0.4 is 0 Å². The molecule has 0 unspecified atom stereocenters. The summed E-state index contributed by atoms with van der Waals surface area (Å²) in [6, 6.07) is 0. The average molecular weight is 218 g/mol. The lowest BCUT2D eigenvalue weighted by atomic mass is 10.1. The van der Waals surface area contributed by atoms with Crippen molar-refractivity contribution in [3.8, 4) is 0 Å². The molecule has 0 spiro atoms. The third-order valence-electron chi connectivity index (χ3n) is 1.96. The second-order valence-corrected chi connectivity index (χ2v) is 3.46. The Morgan fingerprint density at radius 2 is 1.81 bits per heavy atom. The number of hydrogen-bond donors (Lipinski definition) is 0. The van der Waals surface area contributed by atoms with Gasteiger partial charge >= 0.3 is 0 Å². The number of ketones is 2. The summed E-state index contributed by atoms with van der Waals surface area (Å²) >= 11 is 0. The van der Waals surface area contributed by atoms with E-state index in [0.29, 0.717) is 19.3 Å². The Labute approximate surface area is 97.0 Å². The Bertz CT molecular complexity index is 333. The van der Waals surface area contributed by atoms with E-state index >= 15 is 0 Å². The summed E-state index contributed by atoms with van der Waals surface area (Å²) in [5, 5.41) is 0. The summed E-state index contributed by atoms with van der Waals surface area (Å²) in [5.41, 5.74) is 0.843. The first-order chi connectivity index (χ1) is 7.60. The molecule has 0 aliphatic heterocycles. The van der Waals surface area contributed by atoms with Crippen LogP contribution in [0.2, 0.25) is 0 Å². The topological polar surface area (TPSA) is 34.1 Å². The van der Waals surface area contributed by atoms with E-state index in [1.807, 2.05) is 0 Å². The van der Waals surface area contributed by atoms with E-state index in [4.69, 9.17) is 0 Å². The van der Waals surface area contributed by atoms with Crippen molar-refractivity contribution in [2.24, 2.45) is 0 Å². The van der Waals surface area contributed by atoms with E-state index < -0.39 is 0 Å². The van der Waals surface area contributed by atoms with E-state index in [0.717, 1.165) is 5.57 Å². The maximum atomic E-state index is 11.4. The zero-order valence-electron chi connectivity index (χ0n) is 9.74. The highest BCUT2D eigenvalue weighted by atomic mass is 16.1. The number of carbonyl (C=O) groups is 2. The first-order valence-corrected chi connectivity index (χ1v) is 5.25. The molecule has 0 aromatic carbocycles. The van der Waals surface area contributed by atoms with Crippen molar-refractivity contribution < 1.29 is 9.59 Å². The van der Waals surface area contributed by atoms with Crippen LogP contribution in [0.1, 0.15) is 26.2 Å². The number of rotatable bonds is 8. The molecule has 0 saturated carbocycles. The molecule has 0 N–H and O–H groups in total. The minimum Gasteiger partial charge on any atom is -0.300 e. The second-order valence-electron chi connectivity index (χ2n) is 3.46. The Kier molecular flexibility index (Phi) is 7.68. The molecule has 2 heteroatoms. The zero-order chi connectivity index (χ0) is 12.4. The van der Waals surface area contributed by atoms with Gasteiger partial charge in [0.15, 0.2) is 5.78 Å². The standard InChI is InChI=1S/C14H18O2/c1-4-7-13(5-2)10-11-14(16)9-6-8-12(3)15/h4-5,7,10-11H,1-2,6,8-9H2,3H3/b11-10+,13-7+. The molecule has 0 atom stereocenters. The Morgan fingerprint density at radius 3 is 2.31 bits per heavy atom. The molecule has 0 saturated heterocycles. The summed E-state index contributed by atoms with van der Waals surface area (Å²) in [5.74, 6) is 0.146. The molecule has 0 aromatic rings. The van der Waals surface area contributed by atoms with Crippen molar-refractivity contribution in [2.75, 3.05) is 0 Å². The lowest BCUT2D eigenvalue weighted by molar-refractivity contribution is -0.117. The van der Waals surface area contributed by atoms with E-state index in [9.17, 15) is 9.59 Å². The van der Waals surface area contributed by atoms with Crippen LogP contribution in [0.4, 0.5) is 0 Å². The van der Waals surface area contributed by atoms with Crippen molar-refractivity contribution in [1.82, 2.24) is 0 Å². The lowest BCUT2D eigenvalue weighted by Gasteiger charge is -1.94. The Morgan fingerprint density at radius 1 is 1.12 bits per heavy atom. The van der Waals surface area contributed by atoms with Crippen molar-refractivity contribution in [2.45, 2.75) is 26.2 Å². The molecule has 0 rings (SSSR count). The molecule has 16 heavy (non-hydrogen) atoms. The maximum Gasteiger partial charge on any atom is 0.155 e. The fraction of sp³-hybridized carbons (Fsp3) is 0.286. The summed E-state index contributed by atoms with van der Waals surface area (Å²) < 4.78 is 0. The van der Waals surface area contributed by atoms with Crippen LogP contribution >= 0.6 is 0 Å². The van der Waals surface area contributed by atoms with Crippen LogP contribution in [0.25, 0.3) is 0 Å². The number of carbonyl (C=O) groups excluding carboxylic acids is 2. The largest absolute Gasteiger partial charge is 0.300 e. The third-order valence-corrected chi connectivity index (χ3v) is 1.96. The van der Waals surface area contributed by atoms with Gasteiger partial charge in [-0.15, -0.1) is 0 Å². The highest BCUT2D eigenvalue weighted by molar-refractivity contribution is 5.90. The molecule has 2 nitrogen and oxygen atoms in total. The van der Waals surface area contributed by atoms with Gasteiger partial charge in [0.05, 0.1) is 0 Å². The van der Waals surface area contributed by atoms with Crippen LogP contribution in [0.3, 0.4) is 0 Å². The minimum absolute atomic E-state index is 0.0260. The molecular formula is C14H18O2. The van der Waals surface area contributed by atoms with E-state index in [2.05, 4.69) is 13.2 Å². The van der Waals surface area contributed by atoms with E-state index in [1.165, 1.54) is 13.0 Å². The SMILES string of the molecule is C=C/C=C(C=C)/C=C/C(=O)CCCC(C)=O. The van der Waals surface area contributed by atoms with Crippen molar-refractivity contribution in [3.63, 3.8) is 0 Å². The molecule has 0 aliphatic rings. The molecule has 0 aromatic heterocycles. The van der Waals surface area contributed by atoms with Crippen molar-refractivity contribution >= 4 is 11.6 Å². The van der Waals surface area contributed by atoms with Gasteiger partial charge in [0.1, 0.15) is 5.78 Å². The molecule has 0 amide bonds. The molecule has 86 valence electrons. The second kappa shape index (κ2) is 8.60. The molecule has 0 heterocycles. The fourth-order valence-electron chi connectivity index (χ4n) is 1.11. The van der Waals surface area contributed by atoms with Crippen LogP contribution in [0, 0.1) is 0 Å². The van der Waals surface area contributed by atoms with Crippen molar-refractivity contribution in [1.29, 1.82) is 0 Å². The highest BCUT2D eigenvalue weighted by Gasteiger charge is 1.98. The highest BCUT2D eigenvalue weighted by Crippen LogP contribution is 2.02. The smallest absolute Gasteiger partial charge is 0.155 e. The van der Waals surface area contributed by atoms with Crippen LogP contribution in [-0.4, -0.2) is 11.6 Å². The summed E-state index contributed by atoms with van der Waals surface area (Å²) in [4.78, 5) is 22.0. The third kappa shape index (κ3) is 7.68. The Balaban J connectivity index is 4.07. The summed E-state index contributed by atoms with van der Waals surface area (Å²) in [6.07, 6.45) is 9.77. The van der Waals surface area contributed by atoms with Gasteiger partial charge < -0.3 is 4.79 Å². The summed E-state index contributed by atoms with van der Waals surface area (Å²) in [7, 11) is 0. The van der Waals surface area contributed by atoms with Gasteiger partial charge in [0.2, 0.25) is 0 Å². The number of allylic oxidation sites excluding steroid dienone is 6. The number of Topliss-reactive ketones (excluding diaryl/α,β-unsaturated/α-hetero) is 1. The predicted molar refractivity (Wildman–Crippen MR) is 67.2 cm³/mol. The van der Waals surface area contributed by atoms with Crippen LogP contribution in [0.5, 0.6) is 0 Å². The first kappa shape index (κ1) is 14.3. The molecule has 0 aliphatic carbocycles. The van der Waals surface area contributed by atoms with Gasteiger partial charge in [-0.3, -0.25) is 4.79 Å². The van der Waals surface area contributed by atoms with Gasteiger partial charge in [-0.05, 0) is 25.0 Å². The number of hydrogen-bond acceptors (Lipinski definition) is 2. The lowest BCUT2D eigenvalue weighted by Crippen LogP contribution is -1.96. The first-order valence-electron chi connectivity index (χ1n) is 5.25. The van der Waals surface area contributed by atoms with Gasteiger partial charge in [0, 0.05) is 12.8 Å². The van der Waals surface area contributed by atoms with Crippen LogP contribution in [0.15, 0.2) is 49.1 Å². The van der Waals surface area contributed by atoms with E-state index in [1.54, 1.807) is 24.3 Å².